The van der Waals surface area contributed by atoms with Crippen molar-refractivity contribution in [3.8, 4) is 0 Å². The summed E-state index contributed by atoms with van der Waals surface area (Å²) in [5, 5.41) is 3.19. The van der Waals surface area contributed by atoms with Gasteiger partial charge in [0.1, 0.15) is 0 Å². The van der Waals surface area contributed by atoms with Gasteiger partial charge in [0.25, 0.3) is 5.91 Å². The molecule has 0 spiro atoms. The summed E-state index contributed by atoms with van der Waals surface area (Å²) in [6.45, 7) is 6.14. The SMILES string of the molecule is Cc1ccc([C@@H](NC(=O)c2ccc(C)c(C)c2)c2ccccc2)cc1. The summed E-state index contributed by atoms with van der Waals surface area (Å²) in [7, 11) is 0. The van der Waals surface area contributed by atoms with Crippen LogP contribution in [0.15, 0.2) is 72.8 Å². The van der Waals surface area contributed by atoms with Crippen LogP contribution in [0.3, 0.4) is 0 Å². The number of carbonyl (C=O) groups excluding carboxylic acids is 1. The van der Waals surface area contributed by atoms with Crippen molar-refractivity contribution in [2.75, 3.05) is 0 Å². The molecule has 2 nitrogen and oxygen atoms in total. The molecule has 0 heterocycles. The van der Waals surface area contributed by atoms with E-state index in [0.29, 0.717) is 5.56 Å². The summed E-state index contributed by atoms with van der Waals surface area (Å²) < 4.78 is 0. The predicted octanol–water partition coefficient (Wildman–Crippen LogP) is 5.13. The number of benzene rings is 3. The van der Waals surface area contributed by atoms with Crippen molar-refractivity contribution in [1.82, 2.24) is 5.32 Å². The fraction of sp³-hybridized carbons (Fsp3) is 0.174. The minimum Gasteiger partial charge on any atom is -0.341 e. The van der Waals surface area contributed by atoms with Gasteiger partial charge in [0.2, 0.25) is 0 Å². The number of nitrogens with one attached hydrogen (secondary N) is 1. The van der Waals surface area contributed by atoms with E-state index < -0.39 is 0 Å². The number of hydrogen-bond donors (Lipinski definition) is 1. The lowest BCUT2D eigenvalue weighted by molar-refractivity contribution is 0.0943. The zero-order valence-corrected chi connectivity index (χ0v) is 14.9. The molecule has 3 aromatic carbocycles. The van der Waals surface area contributed by atoms with Gasteiger partial charge in [-0.25, -0.2) is 0 Å². The molecule has 3 aromatic rings. The maximum absolute atomic E-state index is 12.8. The third-order valence-corrected chi connectivity index (χ3v) is 4.59. The van der Waals surface area contributed by atoms with E-state index in [1.165, 1.54) is 11.1 Å². The molecule has 0 saturated carbocycles. The molecule has 2 heteroatoms. The molecule has 1 N–H and O–H groups in total. The molecule has 0 saturated heterocycles. The molecule has 0 aromatic heterocycles. The van der Waals surface area contributed by atoms with E-state index in [0.717, 1.165) is 16.7 Å². The monoisotopic (exact) mass is 329 g/mol. The van der Waals surface area contributed by atoms with E-state index >= 15 is 0 Å². The quantitative estimate of drug-likeness (QED) is 0.706. The zero-order chi connectivity index (χ0) is 17.8. The molecule has 0 radical (unpaired) electrons. The molecule has 0 bridgehead atoms. The van der Waals surface area contributed by atoms with Gasteiger partial charge < -0.3 is 5.32 Å². The first-order valence-electron chi connectivity index (χ1n) is 8.54. The standard InChI is InChI=1S/C23H23NO/c1-16-9-12-20(13-10-16)22(19-7-5-4-6-8-19)24-23(25)21-14-11-17(2)18(3)15-21/h4-15,22H,1-3H3,(H,24,25)/t22-/m0/s1. The fourth-order valence-corrected chi connectivity index (χ4v) is 2.86. The second-order valence-electron chi connectivity index (χ2n) is 6.53. The van der Waals surface area contributed by atoms with Gasteiger partial charge in [0, 0.05) is 5.56 Å². The molecular formula is C23H23NO. The van der Waals surface area contributed by atoms with Crippen LogP contribution in [0.5, 0.6) is 0 Å². The van der Waals surface area contributed by atoms with Crippen LogP contribution in [-0.4, -0.2) is 5.91 Å². The van der Waals surface area contributed by atoms with E-state index in [1.54, 1.807) is 0 Å². The van der Waals surface area contributed by atoms with Crippen LogP contribution in [-0.2, 0) is 0 Å². The van der Waals surface area contributed by atoms with Crippen molar-refractivity contribution >= 4 is 5.91 Å². The molecule has 0 aliphatic rings. The maximum Gasteiger partial charge on any atom is 0.252 e. The minimum absolute atomic E-state index is 0.0578. The Morgan fingerprint density at radius 2 is 1.40 bits per heavy atom. The normalized spacial score (nSPS) is 11.8. The van der Waals surface area contributed by atoms with E-state index in [2.05, 4.69) is 43.4 Å². The average Bonchev–Trinajstić information content (AvgIpc) is 2.63. The van der Waals surface area contributed by atoms with Crippen molar-refractivity contribution in [3.05, 3.63) is 106 Å². The van der Waals surface area contributed by atoms with Crippen LogP contribution >= 0.6 is 0 Å². The maximum atomic E-state index is 12.8. The smallest absolute Gasteiger partial charge is 0.252 e. The fourth-order valence-electron chi connectivity index (χ4n) is 2.86. The van der Waals surface area contributed by atoms with Crippen LogP contribution in [0.25, 0.3) is 0 Å². The Kier molecular flexibility index (Phi) is 4.99. The van der Waals surface area contributed by atoms with Crippen molar-refractivity contribution in [1.29, 1.82) is 0 Å². The lowest BCUT2D eigenvalue weighted by Crippen LogP contribution is -2.29. The molecule has 126 valence electrons. The van der Waals surface area contributed by atoms with Crippen molar-refractivity contribution in [2.24, 2.45) is 0 Å². The highest BCUT2D eigenvalue weighted by Gasteiger charge is 2.18. The highest BCUT2D eigenvalue weighted by atomic mass is 16.1. The molecule has 1 amide bonds. The van der Waals surface area contributed by atoms with Crippen LogP contribution in [0, 0.1) is 20.8 Å². The number of aryl methyl sites for hydroxylation is 3. The first-order chi connectivity index (χ1) is 12.0. The van der Waals surface area contributed by atoms with E-state index in [-0.39, 0.29) is 11.9 Å². The second kappa shape index (κ2) is 7.35. The summed E-state index contributed by atoms with van der Waals surface area (Å²) in [4.78, 5) is 12.8. The van der Waals surface area contributed by atoms with Gasteiger partial charge in [-0.2, -0.15) is 0 Å². The highest BCUT2D eigenvalue weighted by molar-refractivity contribution is 5.95. The van der Waals surface area contributed by atoms with Gasteiger partial charge >= 0.3 is 0 Å². The number of amides is 1. The summed E-state index contributed by atoms with van der Waals surface area (Å²) in [6, 6.07) is 24.0. The number of carbonyl (C=O) groups is 1. The number of rotatable bonds is 4. The Hall–Kier alpha value is -2.87. The number of hydrogen-bond acceptors (Lipinski definition) is 1. The van der Waals surface area contributed by atoms with E-state index in [1.807, 2.05) is 55.5 Å². The van der Waals surface area contributed by atoms with E-state index in [4.69, 9.17) is 0 Å². The van der Waals surface area contributed by atoms with Crippen LogP contribution in [0.4, 0.5) is 0 Å². The molecule has 0 unspecified atom stereocenters. The Bertz CT molecular complexity index is 866. The van der Waals surface area contributed by atoms with E-state index in [9.17, 15) is 4.79 Å². The van der Waals surface area contributed by atoms with Crippen molar-refractivity contribution in [3.63, 3.8) is 0 Å². The van der Waals surface area contributed by atoms with Gasteiger partial charge in [-0.15, -0.1) is 0 Å². The van der Waals surface area contributed by atoms with Gasteiger partial charge in [0.05, 0.1) is 6.04 Å². The minimum atomic E-state index is -0.170. The molecule has 3 rings (SSSR count). The molecule has 0 aliphatic carbocycles. The first-order valence-corrected chi connectivity index (χ1v) is 8.54. The average molecular weight is 329 g/mol. The Balaban J connectivity index is 1.93. The van der Waals surface area contributed by atoms with Crippen molar-refractivity contribution in [2.45, 2.75) is 26.8 Å². The summed E-state index contributed by atoms with van der Waals surface area (Å²) in [6.07, 6.45) is 0. The summed E-state index contributed by atoms with van der Waals surface area (Å²) in [5.41, 5.74) is 6.36. The lowest BCUT2D eigenvalue weighted by atomic mass is 9.97. The van der Waals surface area contributed by atoms with Crippen LogP contribution < -0.4 is 5.32 Å². The third-order valence-electron chi connectivity index (χ3n) is 4.59. The Labute approximate surface area is 149 Å². The van der Waals surface area contributed by atoms with Gasteiger partial charge in [-0.3, -0.25) is 4.79 Å². The van der Waals surface area contributed by atoms with Gasteiger partial charge in [-0.05, 0) is 55.2 Å². The molecule has 25 heavy (non-hydrogen) atoms. The second-order valence-corrected chi connectivity index (χ2v) is 6.53. The third kappa shape index (κ3) is 3.97. The summed E-state index contributed by atoms with van der Waals surface area (Å²) >= 11 is 0. The van der Waals surface area contributed by atoms with Crippen molar-refractivity contribution < 1.29 is 4.79 Å². The first kappa shape index (κ1) is 17.0. The molecule has 0 aliphatic heterocycles. The Morgan fingerprint density at radius 3 is 2.04 bits per heavy atom. The molecule has 1 atom stereocenters. The topological polar surface area (TPSA) is 29.1 Å². The van der Waals surface area contributed by atoms with Gasteiger partial charge in [-0.1, -0.05) is 66.2 Å². The van der Waals surface area contributed by atoms with Crippen LogP contribution in [0.1, 0.15) is 44.2 Å². The predicted molar refractivity (Wildman–Crippen MR) is 103 cm³/mol. The molecular weight excluding hydrogens is 306 g/mol. The van der Waals surface area contributed by atoms with Gasteiger partial charge in [0.15, 0.2) is 0 Å². The largest absolute Gasteiger partial charge is 0.341 e. The summed E-state index contributed by atoms with van der Waals surface area (Å²) in [5.74, 6) is -0.0578. The van der Waals surface area contributed by atoms with Crippen LogP contribution in [0.2, 0.25) is 0 Å². The Morgan fingerprint density at radius 1 is 0.760 bits per heavy atom. The highest BCUT2D eigenvalue weighted by Crippen LogP contribution is 2.23. The molecule has 0 fully saturated rings. The lowest BCUT2D eigenvalue weighted by Gasteiger charge is -2.20. The zero-order valence-electron chi connectivity index (χ0n) is 14.9.